The van der Waals surface area contributed by atoms with Gasteiger partial charge in [0.1, 0.15) is 22.6 Å². The van der Waals surface area contributed by atoms with E-state index < -0.39 is 5.91 Å². The molecule has 6 nitrogen and oxygen atoms in total. The Morgan fingerprint density at radius 2 is 2.11 bits per heavy atom. The van der Waals surface area contributed by atoms with Crippen LogP contribution < -0.4 is 5.73 Å². The van der Waals surface area contributed by atoms with E-state index >= 15 is 0 Å². The summed E-state index contributed by atoms with van der Waals surface area (Å²) in [7, 11) is 0. The Hall–Kier alpha value is -3.24. The first-order valence-electron chi connectivity index (χ1n) is 8.33. The molecule has 0 aromatic carbocycles. The number of amides is 1. The average molecular weight is 377 g/mol. The van der Waals surface area contributed by atoms with E-state index in [9.17, 15) is 10.1 Å². The number of nitrogens with zero attached hydrogens (tertiary/aromatic N) is 2. The standard InChI is InChI=1S/C20H15N3O3S/c21-10-15-18(16-4-2-8-26-16)14-6-5-12(9-13-3-1-7-25-13)19(14)23-20(15)27-11-17(22)24/h1-4,7-9H,5-6,11H2,(H2,22,24)/b12-9+. The molecule has 0 saturated heterocycles. The third-order valence-electron chi connectivity index (χ3n) is 4.30. The maximum Gasteiger partial charge on any atom is 0.227 e. The van der Waals surface area contributed by atoms with Crippen molar-refractivity contribution in [3.05, 3.63) is 59.4 Å². The second-order valence-electron chi connectivity index (χ2n) is 6.02. The zero-order valence-electron chi connectivity index (χ0n) is 14.3. The Labute approximate surface area is 159 Å². The van der Waals surface area contributed by atoms with Crippen molar-refractivity contribution in [1.29, 1.82) is 5.26 Å². The summed E-state index contributed by atoms with van der Waals surface area (Å²) in [5, 5.41) is 10.3. The first-order chi connectivity index (χ1) is 13.2. The quantitative estimate of drug-likeness (QED) is 0.677. The SMILES string of the molecule is N#Cc1c(SCC(N)=O)nc2c(c1-c1ccco1)CC/C2=C\c1ccco1. The van der Waals surface area contributed by atoms with Crippen molar-refractivity contribution in [2.75, 3.05) is 5.75 Å². The molecule has 0 unspecified atom stereocenters. The molecular formula is C20H15N3O3S. The molecule has 0 atom stereocenters. The van der Waals surface area contributed by atoms with E-state index in [0.717, 1.165) is 41.0 Å². The lowest BCUT2D eigenvalue weighted by atomic mass is 10.00. The smallest absolute Gasteiger partial charge is 0.227 e. The number of hydrogen-bond donors (Lipinski definition) is 1. The monoisotopic (exact) mass is 377 g/mol. The molecule has 7 heteroatoms. The minimum atomic E-state index is -0.461. The highest BCUT2D eigenvalue weighted by atomic mass is 32.2. The number of nitrogens with two attached hydrogens (primary N) is 1. The summed E-state index contributed by atoms with van der Waals surface area (Å²) < 4.78 is 11.0. The summed E-state index contributed by atoms with van der Waals surface area (Å²) in [6.45, 7) is 0. The second kappa shape index (κ2) is 7.17. The zero-order valence-corrected chi connectivity index (χ0v) is 15.1. The molecule has 4 rings (SSSR count). The molecule has 3 aromatic heterocycles. The molecule has 0 radical (unpaired) electrons. The van der Waals surface area contributed by atoms with Crippen LogP contribution in [-0.2, 0) is 11.2 Å². The molecule has 1 aliphatic carbocycles. The summed E-state index contributed by atoms with van der Waals surface area (Å²) >= 11 is 1.17. The maximum absolute atomic E-state index is 11.2. The van der Waals surface area contributed by atoms with E-state index in [1.54, 1.807) is 18.6 Å². The summed E-state index contributed by atoms with van der Waals surface area (Å²) in [4.78, 5) is 16.0. The number of carbonyl (C=O) groups is 1. The molecule has 3 heterocycles. The fraction of sp³-hybridized carbons (Fsp3) is 0.150. The van der Waals surface area contributed by atoms with Gasteiger partial charge in [0.25, 0.3) is 0 Å². The van der Waals surface area contributed by atoms with Gasteiger partial charge in [-0.1, -0.05) is 11.8 Å². The van der Waals surface area contributed by atoms with Crippen LogP contribution in [0.1, 0.15) is 29.0 Å². The van der Waals surface area contributed by atoms with Gasteiger partial charge in [-0.15, -0.1) is 0 Å². The molecule has 1 amide bonds. The third-order valence-corrected chi connectivity index (χ3v) is 5.30. The van der Waals surface area contributed by atoms with E-state index in [-0.39, 0.29) is 5.75 Å². The zero-order chi connectivity index (χ0) is 18.8. The highest BCUT2D eigenvalue weighted by Gasteiger charge is 2.28. The number of nitriles is 1. The molecule has 0 spiro atoms. The number of rotatable bonds is 5. The van der Waals surface area contributed by atoms with Crippen molar-refractivity contribution in [2.24, 2.45) is 5.73 Å². The number of carbonyl (C=O) groups excluding carboxylic acids is 1. The van der Waals surface area contributed by atoms with Crippen LogP contribution in [0.3, 0.4) is 0 Å². The number of hydrogen-bond acceptors (Lipinski definition) is 6. The van der Waals surface area contributed by atoms with Gasteiger partial charge in [-0.2, -0.15) is 5.26 Å². The van der Waals surface area contributed by atoms with Crippen LogP contribution in [0.2, 0.25) is 0 Å². The van der Waals surface area contributed by atoms with E-state index in [2.05, 4.69) is 6.07 Å². The topological polar surface area (TPSA) is 106 Å². The second-order valence-corrected chi connectivity index (χ2v) is 6.99. The molecule has 27 heavy (non-hydrogen) atoms. The Morgan fingerprint density at radius 1 is 1.30 bits per heavy atom. The van der Waals surface area contributed by atoms with Crippen LogP contribution in [0.5, 0.6) is 0 Å². The maximum atomic E-state index is 11.2. The summed E-state index contributed by atoms with van der Waals surface area (Å²) in [6, 6.07) is 9.56. The number of furan rings is 2. The number of thioether (sulfide) groups is 1. The molecule has 3 aromatic rings. The van der Waals surface area contributed by atoms with E-state index in [0.29, 0.717) is 16.3 Å². The van der Waals surface area contributed by atoms with Gasteiger partial charge in [0, 0.05) is 5.56 Å². The van der Waals surface area contributed by atoms with Crippen molar-refractivity contribution in [3.8, 4) is 17.4 Å². The number of pyridine rings is 1. The van der Waals surface area contributed by atoms with Crippen molar-refractivity contribution < 1.29 is 13.6 Å². The number of fused-ring (bicyclic) bond motifs is 1. The van der Waals surface area contributed by atoms with Gasteiger partial charge in [-0.05, 0) is 54.3 Å². The normalized spacial score (nSPS) is 14.3. The lowest BCUT2D eigenvalue weighted by molar-refractivity contribution is -0.115. The first kappa shape index (κ1) is 17.2. The highest BCUT2D eigenvalue weighted by molar-refractivity contribution is 8.00. The predicted octanol–water partition coefficient (Wildman–Crippen LogP) is 3.87. The first-order valence-corrected chi connectivity index (χ1v) is 9.32. The molecule has 0 bridgehead atoms. The molecule has 134 valence electrons. The summed E-state index contributed by atoms with van der Waals surface area (Å²) in [5.41, 5.74) is 9.24. The summed E-state index contributed by atoms with van der Waals surface area (Å²) in [5.74, 6) is 0.951. The van der Waals surface area contributed by atoms with Gasteiger partial charge in [-0.3, -0.25) is 4.79 Å². The van der Waals surface area contributed by atoms with Crippen molar-refractivity contribution in [3.63, 3.8) is 0 Å². The molecule has 0 fully saturated rings. The Morgan fingerprint density at radius 3 is 2.78 bits per heavy atom. The molecular weight excluding hydrogens is 362 g/mol. The number of primary amides is 1. The molecule has 1 aliphatic rings. The Bertz CT molecular complexity index is 1060. The van der Waals surface area contributed by atoms with Gasteiger partial charge < -0.3 is 14.6 Å². The highest BCUT2D eigenvalue weighted by Crippen LogP contribution is 2.43. The largest absolute Gasteiger partial charge is 0.465 e. The molecule has 0 saturated carbocycles. The van der Waals surface area contributed by atoms with Crippen LogP contribution >= 0.6 is 11.8 Å². The van der Waals surface area contributed by atoms with Crippen LogP contribution in [0.25, 0.3) is 23.0 Å². The van der Waals surface area contributed by atoms with Gasteiger partial charge in [0.15, 0.2) is 0 Å². The minimum absolute atomic E-state index is 0.0509. The van der Waals surface area contributed by atoms with Crippen molar-refractivity contribution in [1.82, 2.24) is 4.98 Å². The average Bonchev–Trinajstić information content (AvgIpc) is 3.41. The van der Waals surface area contributed by atoms with Crippen molar-refractivity contribution in [2.45, 2.75) is 17.9 Å². The van der Waals surface area contributed by atoms with Gasteiger partial charge in [-0.25, -0.2) is 4.98 Å². The van der Waals surface area contributed by atoms with Crippen LogP contribution in [0, 0.1) is 11.3 Å². The van der Waals surface area contributed by atoms with Crippen LogP contribution in [0.15, 0.2) is 50.7 Å². The third kappa shape index (κ3) is 3.27. The van der Waals surface area contributed by atoms with E-state index in [1.165, 1.54) is 11.8 Å². The molecule has 2 N–H and O–H groups in total. The fourth-order valence-corrected chi connectivity index (χ4v) is 3.94. The summed E-state index contributed by atoms with van der Waals surface area (Å²) in [6.07, 6.45) is 6.69. The van der Waals surface area contributed by atoms with E-state index in [4.69, 9.17) is 19.6 Å². The Kier molecular flexibility index (Phi) is 4.57. The number of aromatic nitrogens is 1. The van der Waals surface area contributed by atoms with E-state index in [1.807, 2.05) is 24.3 Å². The van der Waals surface area contributed by atoms with Gasteiger partial charge >= 0.3 is 0 Å². The minimum Gasteiger partial charge on any atom is -0.465 e. The Balaban J connectivity index is 1.91. The lowest BCUT2D eigenvalue weighted by Crippen LogP contribution is -2.13. The fourth-order valence-electron chi connectivity index (χ4n) is 3.21. The van der Waals surface area contributed by atoms with Gasteiger partial charge in [0.05, 0.1) is 29.5 Å². The van der Waals surface area contributed by atoms with Crippen LogP contribution in [0.4, 0.5) is 0 Å². The van der Waals surface area contributed by atoms with Gasteiger partial charge in [0.2, 0.25) is 5.91 Å². The van der Waals surface area contributed by atoms with Crippen molar-refractivity contribution >= 4 is 29.3 Å². The number of allylic oxidation sites excluding steroid dienone is 1. The van der Waals surface area contributed by atoms with Crippen LogP contribution in [-0.4, -0.2) is 16.6 Å². The molecule has 0 aliphatic heterocycles. The lowest BCUT2D eigenvalue weighted by Gasteiger charge is -2.12. The predicted molar refractivity (Wildman–Crippen MR) is 101 cm³/mol.